The highest BCUT2D eigenvalue weighted by Gasteiger charge is 2.05. The van der Waals surface area contributed by atoms with E-state index in [2.05, 4.69) is 15.3 Å². The van der Waals surface area contributed by atoms with Crippen LogP contribution in [-0.2, 0) is 6.54 Å². The van der Waals surface area contributed by atoms with Gasteiger partial charge in [0, 0.05) is 16.9 Å². The van der Waals surface area contributed by atoms with Crippen LogP contribution in [0, 0.1) is 0 Å². The summed E-state index contributed by atoms with van der Waals surface area (Å²) >= 11 is 5.90. The van der Waals surface area contributed by atoms with Gasteiger partial charge in [-0.15, -0.1) is 0 Å². The molecule has 0 amide bonds. The van der Waals surface area contributed by atoms with E-state index in [0.717, 1.165) is 5.69 Å². The topological polar surface area (TPSA) is 51.0 Å². The molecule has 0 atom stereocenters. The first-order valence-electron chi connectivity index (χ1n) is 5.51. The maximum Gasteiger partial charge on any atom is 0.216 e. The van der Waals surface area contributed by atoms with Crippen molar-refractivity contribution in [2.45, 2.75) is 6.54 Å². The summed E-state index contributed by atoms with van der Waals surface area (Å²) in [4.78, 5) is 8.39. The Balaban J connectivity index is 1.76. The van der Waals surface area contributed by atoms with E-state index in [-0.39, 0.29) is 0 Å². The van der Waals surface area contributed by atoms with Gasteiger partial charge < -0.3 is 9.73 Å². The summed E-state index contributed by atoms with van der Waals surface area (Å²) in [5.74, 6) is 0.601. The molecule has 2 aromatic heterocycles. The first kappa shape index (κ1) is 11.0. The van der Waals surface area contributed by atoms with Crippen LogP contribution in [0.1, 0.15) is 5.89 Å². The zero-order valence-electron chi connectivity index (χ0n) is 9.43. The van der Waals surface area contributed by atoms with Crippen molar-refractivity contribution in [2.24, 2.45) is 0 Å². The Morgan fingerprint density at radius 3 is 3.00 bits per heavy atom. The van der Waals surface area contributed by atoms with Crippen molar-refractivity contribution in [1.29, 1.82) is 0 Å². The molecule has 5 heteroatoms. The third-order valence-electron chi connectivity index (χ3n) is 2.48. The molecule has 4 nitrogen and oxygen atoms in total. The van der Waals surface area contributed by atoms with Crippen molar-refractivity contribution in [2.75, 3.05) is 5.32 Å². The predicted octanol–water partition coefficient (Wildman–Crippen LogP) is 3.49. The highest BCUT2D eigenvalue weighted by molar-refractivity contribution is 6.30. The Morgan fingerprint density at radius 2 is 2.17 bits per heavy atom. The lowest BCUT2D eigenvalue weighted by Crippen LogP contribution is -1.99. The lowest BCUT2D eigenvalue weighted by Gasteiger charge is -2.03. The predicted molar refractivity (Wildman–Crippen MR) is 70.6 cm³/mol. The summed E-state index contributed by atoms with van der Waals surface area (Å²) in [7, 11) is 0. The Hall–Kier alpha value is -2.07. The van der Waals surface area contributed by atoms with Gasteiger partial charge in [0.2, 0.25) is 5.89 Å². The van der Waals surface area contributed by atoms with Crippen molar-refractivity contribution in [3.05, 3.63) is 53.5 Å². The Labute approximate surface area is 109 Å². The minimum absolute atomic E-state index is 0.497. The highest BCUT2D eigenvalue weighted by atomic mass is 35.5. The molecule has 0 saturated heterocycles. The number of oxazole rings is 1. The summed E-state index contributed by atoms with van der Waals surface area (Å²) in [6.45, 7) is 0.497. The van der Waals surface area contributed by atoms with Gasteiger partial charge in [0.25, 0.3) is 0 Å². The summed E-state index contributed by atoms with van der Waals surface area (Å²) in [6.07, 6.45) is 1.69. The van der Waals surface area contributed by atoms with E-state index >= 15 is 0 Å². The van der Waals surface area contributed by atoms with E-state index in [9.17, 15) is 0 Å². The van der Waals surface area contributed by atoms with E-state index in [1.807, 2.05) is 36.4 Å². The van der Waals surface area contributed by atoms with Crippen LogP contribution in [0.3, 0.4) is 0 Å². The molecule has 0 aliphatic carbocycles. The number of benzene rings is 1. The number of rotatable bonds is 3. The molecule has 0 saturated carbocycles. The Morgan fingerprint density at radius 1 is 1.22 bits per heavy atom. The van der Waals surface area contributed by atoms with Gasteiger partial charge in [-0.25, -0.2) is 4.98 Å². The summed E-state index contributed by atoms with van der Waals surface area (Å²) in [5.41, 5.74) is 2.25. The fraction of sp³-hybridized carbons (Fsp3) is 0.0769. The van der Waals surface area contributed by atoms with Gasteiger partial charge in [-0.05, 0) is 30.3 Å². The van der Waals surface area contributed by atoms with Crippen molar-refractivity contribution >= 4 is 28.5 Å². The minimum atomic E-state index is 0.497. The number of pyridine rings is 1. The molecular weight excluding hydrogens is 250 g/mol. The van der Waals surface area contributed by atoms with Crippen LogP contribution < -0.4 is 5.32 Å². The average Bonchev–Trinajstić information content (AvgIpc) is 2.79. The number of nitrogens with zero attached hydrogens (tertiary/aromatic N) is 2. The lowest BCUT2D eigenvalue weighted by molar-refractivity contribution is 0.540. The number of fused-ring (bicyclic) bond motifs is 1. The standard InChI is InChI=1S/C13H10ClN3O/c14-9-3-1-4-10(7-9)16-8-12-17-13-11(18-12)5-2-6-15-13/h1-7,16H,8H2. The molecule has 0 fully saturated rings. The summed E-state index contributed by atoms with van der Waals surface area (Å²) in [5, 5.41) is 3.89. The van der Waals surface area contributed by atoms with Crippen LogP contribution in [0.25, 0.3) is 11.2 Å². The minimum Gasteiger partial charge on any atom is -0.437 e. The molecule has 0 aliphatic rings. The van der Waals surface area contributed by atoms with E-state index < -0.39 is 0 Å². The first-order chi connectivity index (χ1) is 8.81. The second-order valence-corrected chi connectivity index (χ2v) is 4.23. The number of anilines is 1. The van der Waals surface area contributed by atoms with Crippen LogP contribution in [-0.4, -0.2) is 9.97 Å². The smallest absolute Gasteiger partial charge is 0.216 e. The van der Waals surface area contributed by atoms with Crippen molar-refractivity contribution in [1.82, 2.24) is 9.97 Å². The molecule has 2 heterocycles. The van der Waals surface area contributed by atoms with Crippen LogP contribution in [0.5, 0.6) is 0 Å². The van der Waals surface area contributed by atoms with Crippen molar-refractivity contribution < 1.29 is 4.42 Å². The average molecular weight is 260 g/mol. The highest BCUT2D eigenvalue weighted by Crippen LogP contribution is 2.17. The molecule has 18 heavy (non-hydrogen) atoms. The fourth-order valence-electron chi connectivity index (χ4n) is 1.67. The second-order valence-electron chi connectivity index (χ2n) is 3.80. The fourth-order valence-corrected chi connectivity index (χ4v) is 1.86. The van der Waals surface area contributed by atoms with Crippen LogP contribution in [0.2, 0.25) is 5.02 Å². The molecular formula is C13H10ClN3O. The number of nitrogens with one attached hydrogen (secondary N) is 1. The number of halogens is 1. The normalized spacial score (nSPS) is 10.7. The summed E-state index contributed by atoms with van der Waals surface area (Å²) in [6, 6.07) is 11.2. The third kappa shape index (κ3) is 2.28. The third-order valence-corrected chi connectivity index (χ3v) is 2.71. The van der Waals surface area contributed by atoms with E-state index in [1.165, 1.54) is 0 Å². The SMILES string of the molecule is Clc1cccc(NCc2nc3ncccc3o2)c1. The molecule has 3 rings (SSSR count). The molecule has 1 N–H and O–H groups in total. The molecule has 90 valence electrons. The molecule has 1 aromatic carbocycles. The molecule has 3 aromatic rings. The van der Waals surface area contributed by atoms with Gasteiger partial charge >= 0.3 is 0 Å². The maximum atomic E-state index is 5.90. The zero-order chi connectivity index (χ0) is 12.4. The molecule has 0 bridgehead atoms. The van der Waals surface area contributed by atoms with Gasteiger partial charge in [-0.3, -0.25) is 0 Å². The van der Waals surface area contributed by atoms with E-state index in [0.29, 0.717) is 28.7 Å². The number of aromatic nitrogens is 2. The van der Waals surface area contributed by atoms with E-state index in [1.54, 1.807) is 6.20 Å². The molecule has 0 radical (unpaired) electrons. The quantitative estimate of drug-likeness (QED) is 0.782. The van der Waals surface area contributed by atoms with Crippen LogP contribution in [0.4, 0.5) is 5.69 Å². The van der Waals surface area contributed by atoms with Gasteiger partial charge in [-0.2, -0.15) is 4.98 Å². The largest absolute Gasteiger partial charge is 0.437 e. The van der Waals surface area contributed by atoms with E-state index in [4.69, 9.17) is 16.0 Å². The molecule has 0 aliphatic heterocycles. The second kappa shape index (κ2) is 4.66. The van der Waals surface area contributed by atoms with Crippen molar-refractivity contribution in [3.8, 4) is 0 Å². The van der Waals surface area contributed by atoms with Crippen LogP contribution >= 0.6 is 11.6 Å². The number of hydrogen-bond donors (Lipinski definition) is 1. The Kier molecular flexibility index (Phi) is 2.86. The zero-order valence-corrected chi connectivity index (χ0v) is 10.2. The van der Waals surface area contributed by atoms with Crippen LogP contribution in [0.15, 0.2) is 47.0 Å². The van der Waals surface area contributed by atoms with Gasteiger partial charge in [0.15, 0.2) is 11.2 Å². The van der Waals surface area contributed by atoms with Gasteiger partial charge in [-0.1, -0.05) is 17.7 Å². The van der Waals surface area contributed by atoms with Gasteiger partial charge in [0.05, 0.1) is 6.54 Å². The Bertz CT molecular complexity index is 648. The molecule has 0 unspecified atom stereocenters. The first-order valence-corrected chi connectivity index (χ1v) is 5.89. The monoisotopic (exact) mass is 259 g/mol. The van der Waals surface area contributed by atoms with Gasteiger partial charge in [0.1, 0.15) is 0 Å². The summed E-state index contributed by atoms with van der Waals surface area (Å²) < 4.78 is 5.55. The van der Waals surface area contributed by atoms with Crippen molar-refractivity contribution in [3.63, 3.8) is 0 Å². The maximum absolute atomic E-state index is 5.90. The number of hydrogen-bond acceptors (Lipinski definition) is 4. The molecule has 0 spiro atoms. The lowest BCUT2D eigenvalue weighted by atomic mass is 10.3.